The first-order valence-electron chi connectivity index (χ1n) is 11.2. The topological polar surface area (TPSA) is 64.8 Å². The molecule has 0 spiro atoms. The van der Waals surface area contributed by atoms with Gasteiger partial charge in [-0.1, -0.05) is 49.4 Å². The summed E-state index contributed by atoms with van der Waals surface area (Å²) < 4.78 is 29.6. The summed E-state index contributed by atoms with van der Waals surface area (Å²) in [6, 6.07) is 25.3. The standard InChI is InChI=1S/C28H19N3O2S/c1-2-26-30-22-10-5-11-24-28(22)31(26)23-13-12-18(16-25(23)34(24,32)33)21-15-17-7-3-4-8-19(17)27-20(21)9-6-14-29-27/h3-16H,2H2,1H3. The molecule has 0 saturated carbocycles. The van der Waals surface area contributed by atoms with Gasteiger partial charge in [0.15, 0.2) is 0 Å². The molecular formula is C28H19N3O2S. The summed E-state index contributed by atoms with van der Waals surface area (Å²) in [5.41, 5.74) is 4.75. The van der Waals surface area contributed by atoms with Gasteiger partial charge in [0.2, 0.25) is 9.84 Å². The number of aryl methyl sites for hydroxylation is 1. The molecule has 1 aliphatic heterocycles. The normalized spacial score (nSPS) is 14.0. The van der Waals surface area contributed by atoms with Gasteiger partial charge in [-0.15, -0.1) is 0 Å². The van der Waals surface area contributed by atoms with E-state index in [4.69, 9.17) is 4.98 Å². The van der Waals surface area contributed by atoms with E-state index in [1.165, 1.54) is 0 Å². The van der Waals surface area contributed by atoms with Crippen LogP contribution in [-0.2, 0) is 16.3 Å². The van der Waals surface area contributed by atoms with Gasteiger partial charge in [-0.3, -0.25) is 9.55 Å². The third-order valence-corrected chi connectivity index (χ3v) is 8.54. The molecule has 0 atom stereocenters. The van der Waals surface area contributed by atoms with Crippen LogP contribution in [-0.4, -0.2) is 23.0 Å². The third kappa shape index (κ3) is 2.46. The molecule has 34 heavy (non-hydrogen) atoms. The maximum atomic E-state index is 13.8. The van der Waals surface area contributed by atoms with E-state index in [9.17, 15) is 8.42 Å². The van der Waals surface area contributed by atoms with Crippen LogP contribution in [0.1, 0.15) is 12.7 Å². The number of fused-ring (bicyclic) bond motifs is 5. The van der Waals surface area contributed by atoms with Gasteiger partial charge in [-0.05, 0) is 52.9 Å². The minimum Gasteiger partial charge on any atom is -0.294 e. The maximum absolute atomic E-state index is 13.8. The predicted molar refractivity (Wildman–Crippen MR) is 134 cm³/mol. The molecule has 5 nitrogen and oxygen atoms in total. The first-order valence-corrected chi connectivity index (χ1v) is 12.7. The van der Waals surface area contributed by atoms with E-state index in [-0.39, 0.29) is 0 Å². The number of hydrogen-bond acceptors (Lipinski definition) is 4. The monoisotopic (exact) mass is 461 g/mol. The Labute approximate surface area is 196 Å². The van der Waals surface area contributed by atoms with Crippen molar-refractivity contribution in [2.75, 3.05) is 0 Å². The van der Waals surface area contributed by atoms with E-state index >= 15 is 0 Å². The van der Waals surface area contributed by atoms with Crippen molar-refractivity contribution in [3.8, 4) is 16.8 Å². The van der Waals surface area contributed by atoms with Crippen LogP contribution in [0.25, 0.3) is 49.5 Å². The summed E-state index contributed by atoms with van der Waals surface area (Å²) in [7, 11) is -3.71. The molecule has 1 aliphatic rings. The Morgan fingerprint density at radius 3 is 2.59 bits per heavy atom. The summed E-state index contributed by atoms with van der Waals surface area (Å²) in [5.74, 6) is 0.853. The summed E-state index contributed by atoms with van der Waals surface area (Å²) in [6.07, 6.45) is 2.50. The van der Waals surface area contributed by atoms with E-state index < -0.39 is 9.84 Å². The van der Waals surface area contributed by atoms with Gasteiger partial charge in [0.1, 0.15) is 5.82 Å². The zero-order valence-electron chi connectivity index (χ0n) is 18.4. The molecule has 4 aromatic carbocycles. The molecule has 0 fully saturated rings. The van der Waals surface area contributed by atoms with E-state index in [1.807, 2.05) is 60.0 Å². The number of pyridine rings is 1. The maximum Gasteiger partial charge on any atom is 0.210 e. The highest BCUT2D eigenvalue weighted by atomic mass is 32.2. The van der Waals surface area contributed by atoms with Crippen molar-refractivity contribution >= 4 is 42.5 Å². The third-order valence-electron chi connectivity index (χ3n) is 6.73. The Balaban J connectivity index is 1.57. The lowest BCUT2D eigenvalue weighted by molar-refractivity contribution is 0.594. The van der Waals surface area contributed by atoms with Crippen molar-refractivity contribution in [1.82, 2.24) is 14.5 Å². The zero-order chi connectivity index (χ0) is 23.0. The molecule has 6 aromatic rings. The zero-order valence-corrected chi connectivity index (χ0v) is 19.2. The Morgan fingerprint density at radius 2 is 1.71 bits per heavy atom. The van der Waals surface area contributed by atoms with E-state index in [2.05, 4.69) is 23.2 Å². The van der Waals surface area contributed by atoms with Crippen LogP contribution in [0, 0.1) is 0 Å². The van der Waals surface area contributed by atoms with Crippen molar-refractivity contribution < 1.29 is 8.42 Å². The van der Waals surface area contributed by atoms with Crippen LogP contribution in [0.4, 0.5) is 0 Å². The molecule has 3 heterocycles. The van der Waals surface area contributed by atoms with Gasteiger partial charge in [-0.2, -0.15) is 0 Å². The minimum absolute atomic E-state index is 0.308. The van der Waals surface area contributed by atoms with Crippen molar-refractivity contribution in [2.45, 2.75) is 23.1 Å². The highest BCUT2D eigenvalue weighted by Gasteiger charge is 2.33. The Morgan fingerprint density at radius 1 is 0.853 bits per heavy atom. The van der Waals surface area contributed by atoms with Gasteiger partial charge in [0, 0.05) is 23.4 Å². The largest absolute Gasteiger partial charge is 0.294 e. The van der Waals surface area contributed by atoms with Gasteiger partial charge in [0.05, 0.1) is 32.0 Å². The molecular weight excluding hydrogens is 442 g/mol. The van der Waals surface area contributed by atoms with Gasteiger partial charge < -0.3 is 0 Å². The van der Waals surface area contributed by atoms with Crippen LogP contribution in [0.15, 0.2) is 94.9 Å². The van der Waals surface area contributed by atoms with E-state index in [1.54, 1.807) is 18.3 Å². The van der Waals surface area contributed by atoms with Crippen LogP contribution >= 0.6 is 0 Å². The fourth-order valence-electron chi connectivity index (χ4n) is 5.21. The average Bonchev–Trinajstić information content (AvgIpc) is 3.26. The lowest BCUT2D eigenvalue weighted by Gasteiger charge is -2.22. The first kappa shape index (κ1) is 19.4. The number of nitrogens with zero attached hydrogens (tertiary/aromatic N) is 3. The minimum atomic E-state index is -3.71. The molecule has 0 saturated heterocycles. The number of rotatable bonds is 2. The first-order chi connectivity index (χ1) is 16.6. The molecule has 6 heteroatoms. The average molecular weight is 462 g/mol. The summed E-state index contributed by atoms with van der Waals surface area (Å²) in [5, 5.41) is 3.14. The molecule has 2 aromatic heterocycles. The second-order valence-electron chi connectivity index (χ2n) is 8.57. The molecule has 0 radical (unpaired) electrons. The number of imidazole rings is 1. The number of benzene rings is 4. The number of para-hydroxylation sites is 1. The second-order valence-corrected chi connectivity index (χ2v) is 10.5. The van der Waals surface area contributed by atoms with Gasteiger partial charge in [-0.25, -0.2) is 13.4 Å². The highest BCUT2D eigenvalue weighted by molar-refractivity contribution is 7.92. The highest BCUT2D eigenvalue weighted by Crippen LogP contribution is 2.42. The molecule has 164 valence electrons. The van der Waals surface area contributed by atoms with E-state index in [0.29, 0.717) is 32.9 Å². The molecule has 0 N–H and O–H groups in total. The van der Waals surface area contributed by atoms with Crippen molar-refractivity contribution in [1.29, 1.82) is 0 Å². The second kappa shape index (κ2) is 6.74. The van der Waals surface area contributed by atoms with Crippen molar-refractivity contribution in [3.63, 3.8) is 0 Å². The van der Waals surface area contributed by atoms with E-state index in [0.717, 1.165) is 38.6 Å². The number of sulfone groups is 1. The molecule has 7 rings (SSSR count). The molecule has 0 bridgehead atoms. The Bertz CT molecular complexity index is 1920. The lowest BCUT2D eigenvalue weighted by atomic mass is 9.95. The fraction of sp³-hybridized carbons (Fsp3) is 0.0714. The van der Waals surface area contributed by atoms with Crippen LogP contribution in [0.5, 0.6) is 0 Å². The van der Waals surface area contributed by atoms with Crippen molar-refractivity contribution in [2.24, 2.45) is 0 Å². The van der Waals surface area contributed by atoms with Crippen molar-refractivity contribution in [3.05, 3.63) is 90.9 Å². The fourth-order valence-corrected chi connectivity index (χ4v) is 6.87. The molecule has 0 aliphatic carbocycles. The lowest BCUT2D eigenvalue weighted by Crippen LogP contribution is -2.16. The summed E-state index contributed by atoms with van der Waals surface area (Å²) in [4.78, 5) is 9.99. The van der Waals surface area contributed by atoms with Gasteiger partial charge >= 0.3 is 0 Å². The molecule has 0 amide bonds. The van der Waals surface area contributed by atoms with Crippen LogP contribution < -0.4 is 0 Å². The Hall–Kier alpha value is -4.03. The summed E-state index contributed by atoms with van der Waals surface area (Å²) >= 11 is 0. The summed E-state index contributed by atoms with van der Waals surface area (Å²) in [6.45, 7) is 2.04. The quantitative estimate of drug-likeness (QED) is 0.292. The van der Waals surface area contributed by atoms with Gasteiger partial charge in [0.25, 0.3) is 0 Å². The van der Waals surface area contributed by atoms with Crippen LogP contribution in [0.2, 0.25) is 0 Å². The van der Waals surface area contributed by atoms with Crippen LogP contribution in [0.3, 0.4) is 0 Å². The smallest absolute Gasteiger partial charge is 0.210 e. The number of hydrogen-bond donors (Lipinski definition) is 0. The molecule has 0 unspecified atom stereocenters. The number of aromatic nitrogens is 3. The SMILES string of the molecule is CCc1nc2cccc3c2n1-c1ccc(-c2cc4ccccc4c4ncccc24)cc1S3(=O)=O. The Kier molecular flexibility index (Phi) is 3.86. The predicted octanol–water partition coefficient (Wildman–Crippen LogP) is 6.10.